The first-order valence-corrected chi connectivity index (χ1v) is 8.48. The fraction of sp³-hybridized carbons (Fsp3) is 0.625. The van der Waals surface area contributed by atoms with Gasteiger partial charge in [-0.1, -0.05) is 44.2 Å². The molecule has 6 atom stereocenters. The van der Waals surface area contributed by atoms with E-state index in [1.807, 2.05) is 37.3 Å². The van der Waals surface area contributed by atoms with Gasteiger partial charge in [0.25, 0.3) is 0 Å². The largest absolute Gasteiger partial charge is 0.359 e. The van der Waals surface area contributed by atoms with Crippen LogP contribution < -0.4 is 0 Å². The molecule has 2 aliphatic rings. The van der Waals surface area contributed by atoms with Crippen LogP contribution in [-0.4, -0.2) is 36.2 Å². The third kappa shape index (κ3) is 3.11. The first-order chi connectivity index (χ1) is 10.2. The highest BCUT2D eigenvalue weighted by Gasteiger charge is 2.48. The molecule has 0 aliphatic carbocycles. The van der Waals surface area contributed by atoms with Crippen LogP contribution in [0.25, 0.3) is 0 Å². The van der Waals surface area contributed by atoms with Crippen molar-refractivity contribution < 1.29 is 18.6 Å². The van der Waals surface area contributed by atoms with Crippen molar-refractivity contribution in [1.82, 2.24) is 0 Å². The fourth-order valence-electron chi connectivity index (χ4n) is 2.83. The zero-order valence-corrected chi connectivity index (χ0v) is 13.1. The number of halogens is 1. The van der Waals surface area contributed by atoms with Crippen molar-refractivity contribution in [3.63, 3.8) is 0 Å². The smallest absolute Gasteiger partial charge is 0.184 e. The van der Waals surface area contributed by atoms with Crippen LogP contribution in [0, 0.1) is 5.92 Å². The van der Waals surface area contributed by atoms with E-state index in [-0.39, 0.29) is 17.5 Å². The number of fused-ring (bicyclic) bond motifs is 1. The molecule has 3 nitrogen and oxygen atoms in total. The van der Waals surface area contributed by atoms with E-state index in [2.05, 4.69) is 6.92 Å². The average Bonchev–Trinajstić information content (AvgIpc) is 2.53. The number of hydrogen-bond acceptors (Lipinski definition) is 4. The van der Waals surface area contributed by atoms with Gasteiger partial charge in [0.2, 0.25) is 0 Å². The topological polar surface area (TPSA) is 27.7 Å². The normalized spacial score (nSPS) is 39.8. The Labute approximate surface area is 129 Å². The van der Waals surface area contributed by atoms with Crippen molar-refractivity contribution in [3.05, 3.63) is 35.9 Å². The molecule has 0 aromatic heterocycles. The van der Waals surface area contributed by atoms with Gasteiger partial charge < -0.3 is 14.2 Å². The van der Waals surface area contributed by atoms with E-state index in [1.165, 1.54) is 0 Å². The van der Waals surface area contributed by atoms with Crippen molar-refractivity contribution in [1.29, 1.82) is 0 Å². The summed E-state index contributed by atoms with van der Waals surface area (Å²) in [5.74, 6) is 0.735. The summed E-state index contributed by atoms with van der Waals surface area (Å²) in [5.41, 5.74) is 0.799. The second-order valence-electron chi connectivity index (χ2n) is 5.48. The van der Waals surface area contributed by atoms with Gasteiger partial charge in [-0.3, -0.25) is 0 Å². The van der Waals surface area contributed by atoms with Crippen LogP contribution in [0.3, 0.4) is 0 Å². The number of hydrogen-bond donors (Lipinski definition) is 0. The Morgan fingerprint density at radius 3 is 2.71 bits per heavy atom. The number of alkyl halides is 1. The Kier molecular flexibility index (Phi) is 4.84. The fourth-order valence-corrected chi connectivity index (χ4v) is 3.83. The van der Waals surface area contributed by atoms with Gasteiger partial charge in [-0.25, -0.2) is 4.39 Å². The van der Waals surface area contributed by atoms with Gasteiger partial charge in [0.1, 0.15) is 23.8 Å². The molecule has 2 heterocycles. The zero-order valence-electron chi connectivity index (χ0n) is 12.3. The van der Waals surface area contributed by atoms with Gasteiger partial charge in [0.15, 0.2) is 6.29 Å². The molecule has 5 heteroatoms. The highest BCUT2D eigenvalue weighted by Crippen LogP contribution is 2.40. The van der Waals surface area contributed by atoms with Crippen molar-refractivity contribution in [2.45, 2.75) is 44.0 Å². The maximum atomic E-state index is 14.7. The summed E-state index contributed by atoms with van der Waals surface area (Å²) in [4.78, 5) is 0. The quantitative estimate of drug-likeness (QED) is 0.853. The van der Waals surface area contributed by atoms with Gasteiger partial charge in [0, 0.05) is 11.5 Å². The SMILES string of the molecule is CCSC1OC2COC(c3ccccc3)O[C@@H]2[C@H](F)[C@H]1C. The monoisotopic (exact) mass is 312 g/mol. The van der Waals surface area contributed by atoms with E-state index in [4.69, 9.17) is 14.2 Å². The van der Waals surface area contributed by atoms with Crippen LogP contribution in [0.1, 0.15) is 25.7 Å². The van der Waals surface area contributed by atoms with E-state index >= 15 is 0 Å². The molecule has 3 rings (SSSR count). The molecule has 1 aromatic rings. The van der Waals surface area contributed by atoms with Crippen LogP contribution in [0.5, 0.6) is 0 Å². The maximum Gasteiger partial charge on any atom is 0.184 e. The van der Waals surface area contributed by atoms with Crippen LogP contribution >= 0.6 is 11.8 Å². The second-order valence-corrected chi connectivity index (χ2v) is 6.85. The van der Waals surface area contributed by atoms with E-state index in [9.17, 15) is 4.39 Å². The number of benzene rings is 1. The molecule has 21 heavy (non-hydrogen) atoms. The van der Waals surface area contributed by atoms with Crippen molar-refractivity contribution in [3.8, 4) is 0 Å². The number of thioether (sulfide) groups is 1. The molecule has 2 saturated heterocycles. The zero-order chi connectivity index (χ0) is 14.8. The van der Waals surface area contributed by atoms with Crippen LogP contribution in [0.2, 0.25) is 0 Å². The summed E-state index contributed by atoms with van der Waals surface area (Å²) in [7, 11) is 0. The summed E-state index contributed by atoms with van der Waals surface area (Å²) in [6.07, 6.45) is -2.40. The van der Waals surface area contributed by atoms with Crippen molar-refractivity contribution in [2.75, 3.05) is 12.4 Å². The summed E-state index contributed by atoms with van der Waals surface area (Å²) in [6, 6.07) is 9.65. The molecule has 116 valence electrons. The molecular formula is C16H21FO3S. The van der Waals surface area contributed by atoms with Gasteiger partial charge in [-0.2, -0.15) is 0 Å². The highest BCUT2D eigenvalue weighted by molar-refractivity contribution is 7.99. The van der Waals surface area contributed by atoms with Crippen molar-refractivity contribution >= 4 is 11.8 Å². The Balaban J connectivity index is 1.71. The van der Waals surface area contributed by atoms with E-state index in [0.29, 0.717) is 6.61 Å². The molecular weight excluding hydrogens is 291 g/mol. The third-order valence-electron chi connectivity index (χ3n) is 4.02. The van der Waals surface area contributed by atoms with Crippen LogP contribution in [-0.2, 0) is 14.2 Å². The molecule has 0 spiro atoms. The van der Waals surface area contributed by atoms with E-state index in [1.54, 1.807) is 11.8 Å². The molecule has 0 amide bonds. The highest BCUT2D eigenvalue weighted by atomic mass is 32.2. The summed E-state index contributed by atoms with van der Waals surface area (Å²) in [5, 5.41) is 0. The lowest BCUT2D eigenvalue weighted by molar-refractivity contribution is -0.303. The van der Waals surface area contributed by atoms with Gasteiger partial charge in [-0.05, 0) is 5.75 Å². The minimum absolute atomic E-state index is 0.119. The third-order valence-corrected chi connectivity index (χ3v) is 5.22. The Bertz CT molecular complexity index is 456. The summed E-state index contributed by atoms with van der Waals surface area (Å²) >= 11 is 1.64. The lowest BCUT2D eigenvalue weighted by atomic mass is 9.94. The molecule has 0 N–H and O–H groups in total. The summed E-state index contributed by atoms with van der Waals surface area (Å²) in [6.45, 7) is 4.32. The Hall–Kier alpha value is -0.620. The molecule has 0 bridgehead atoms. The minimum Gasteiger partial charge on any atom is -0.359 e. The molecule has 2 fully saturated rings. The molecule has 2 aliphatic heterocycles. The average molecular weight is 312 g/mol. The van der Waals surface area contributed by atoms with Gasteiger partial charge in [-0.15, -0.1) is 11.8 Å². The van der Waals surface area contributed by atoms with Gasteiger partial charge >= 0.3 is 0 Å². The molecule has 1 aromatic carbocycles. The Morgan fingerprint density at radius 1 is 1.24 bits per heavy atom. The molecule has 3 unspecified atom stereocenters. The lowest BCUT2D eigenvalue weighted by Gasteiger charge is -2.46. The molecule has 0 saturated carbocycles. The minimum atomic E-state index is -1.03. The predicted molar refractivity (Wildman–Crippen MR) is 80.9 cm³/mol. The first-order valence-electron chi connectivity index (χ1n) is 7.44. The summed E-state index contributed by atoms with van der Waals surface area (Å²) < 4.78 is 32.2. The van der Waals surface area contributed by atoms with Crippen LogP contribution in [0.4, 0.5) is 4.39 Å². The first kappa shape index (κ1) is 15.3. The van der Waals surface area contributed by atoms with Crippen molar-refractivity contribution in [2.24, 2.45) is 5.92 Å². The lowest BCUT2D eigenvalue weighted by Crippen LogP contribution is -2.56. The van der Waals surface area contributed by atoms with Gasteiger partial charge in [0.05, 0.1) is 6.61 Å². The van der Waals surface area contributed by atoms with E-state index in [0.717, 1.165) is 11.3 Å². The molecule has 0 radical (unpaired) electrons. The number of ether oxygens (including phenoxy) is 3. The standard InChI is InChI=1S/C16H21FO3S/c1-3-21-16-10(2)13(17)14-12(19-16)9-18-15(20-14)11-7-5-4-6-8-11/h4-8,10,12-16H,3,9H2,1-2H3/t10-,12?,13-,14+,15?,16?/m1/s1. The Morgan fingerprint density at radius 2 is 2.00 bits per heavy atom. The predicted octanol–water partition coefficient (Wildman–Crippen LogP) is 3.55. The second kappa shape index (κ2) is 6.65. The maximum absolute atomic E-state index is 14.7. The van der Waals surface area contributed by atoms with Crippen LogP contribution in [0.15, 0.2) is 30.3 Å². The van der Waals surface area contributed by atoms with E-state index < -0.39 is 18.6 Å². The number of rotatable bonds is 3.